The predicted molar refractivity (Wildman–Crippen MR) is 119 cm³/mol. The van der Waals surface area contributed by atoms with Crippen molar-refractivity contribution in [1.82, 2.24) is 4.90 Å². The highest BCUT2D eigenvalue weighted by Gasteiger charge is 2.35. The maximum absolute atomic E-state index is 13.1. The lowest BCUT2D eigenvalue weighted by Gasteiger charge is -2.16. The van der Waals surface area contributed by atoms with Gasteiger partial charge in [0.1, 0.15) is 10.9 Å². The first-order valence-corrected chi connectivity index (χ1v) is 10.3. The normalized spacial score (nSPS) is 15.3. The van der Waals surface area contributed by atoms with Crippen molar-refractivity contribution in [3.05, 3.63) is 58.5 Å². The van der Waals surface area contributed by atoms with Crippen LogP contribution in [0.1, 0.15) is 11.1 Å². The number of ether oxygens (including phenoxy) is 2. The van der Waals surface area contributed by atoms with Crippen molar-refractivity contribution in [1.29, 1.82) is 0 Å². The number of amides is 2. The number of nitrogens with one attached hydrogen (secondary N) is 1. The molecule has 0 radical (unpaired) electrons. The van der Waals surface area contributed by atoms with E-state index in [9.17, 15) is 22.8 Å². The van der Waals surface area contributed by atoms with Crippen LogP contribution in [0.4, 0.5) is 18.9 Å². The van der Waals surface area contributed by atoms with E-state index in [4.69, 9.17) is 21.7 Å². The molecular formula is C21H17F3N2O4S2. The third kappa shape index (κ3) is 5.22. The monoisotopic (exact) mass is 482 g/mol. The van der Waals surface area contributed by atoms with Gasteiger partial charge in [-0.2, -0.15) is 13.2 Å². The first kappa shape index (κ1) is 23.6. The van der Waals surface area contributed by atoms with E-state index >= 15 is 0 Å². The highest BCUT2D eigenvalue weighted by atomic mass is 32.2. The van der Waals surface area contributed by atoms with E-state index < -0.39 is 35.8 Å². The average molecular weight is 483 g/mol. The lowest BCUT2D eigenvalue weighted by Crippen LogP contribution is -2.36. The summed E-state index contributed by atoms with van der Waals surface area (Å²) in [6.45, 7) is -0.514. The molecule has 1 aliphatic heterocycles. The molecule has 3 rings (SSSR count). The Morgan fingerprint density at radius 1 is 1.16 bits per heavy atom. The number of hydrogen-bond acceptors (Lipinski definition) is 6. The van der Waals surface area contributed by atoms with Crippen LogP contribution in [0.3, 0.4) is 0 Å². The summed E-state index contributed by atoms with van der Waals surface area (Å²) in [7, 11) is 2.98. The number of nitrogens with zero attached hydrogens (tertiary/aromatic N) is 1. The van der Waals surface area contributed by atoms with Gasteiger partial charge in [0, 0.05) is 0 Å². The third-order valence-corrected chi connectivity index (χ3v) is 5.77. The van der Waals surface area contributed by atoms with Crippen LogP contribution in [0.5, 0.6) is 11.5 Å². The average Bonchev–Trinajstić information content (AvgIpc) is 3.00. The zero-order valence-corrected chi connectivity index (χ0v) is 18.5. The first-order chi connectivity index (χ1) is 15.1. The van der Waals surface area contributed by atoms with Crippen molar-refractivity contribution in [2.75, 3.05) is 26.1 Å². The van der Waals surface area contributed by atoms with Gasteiger partial charge in [0.2, 0.25) is 5.91 Å². The topological polar surface area (TPSA) is 67.9 Å². The summed E-state index contributed by atoms with van der Waals surface area (Å²) in [4.78, 5) is 26.4. The molecule has 1 fully saturated rings. The molecule has 2 aromatic rings. The molecule has 1 saturated heterocycles. The molecule has 1 aliphatic rings. The minimum absolute atomic E-state index is 0.126. The number of para-hydroxylation sites is 1. The van der Waals surface area contributed by atoms with Gasteiger partial charge in [-0.3, -0.25) is 14.5 Å². The molecule has 0 saturated carbocycles. The fraction of sp³-hybridized carbons (Fsp3) is 0.190. The summed E-state index contributed by atoms with van der Waals surface area (Å²) in [5.74, 6) is -0.327. The number of benzene rings is 2. The number of hydrogen-bond donors (Lipinski definition) is 1. The van der Waals surface area contributed by atoms with E-state index in [1.807, 2.05) is 0 Å². The Morgan fingerprint density at radius 3 is 2.50 bits per heavy atom. The van der Waals surface area contributed by atoms with Gasteiger partial charge in [0.25, 0.3) is 5.91 Å². The predicted octanol–water partition coefficient (Wildman–Crippen LogP) is 4.56. The fourth-order valence-corrected chi connectivity index (χ4v) is 4.16. The summed E-state index contributed by atoms with van der Waals surface area (Å²) >= 11 is 6.18. The molecule has 0 atom stereocenters. The molecule has 11 heteroatoms. The molecule has 0 bridgehead atoms. The Hall–Kier alpha value is -3.05. The third-order valence-electron chi connectivity index (χ3n) is 4.39. The number of rotatable bonds is 6. The van der Waals surface area contributed by atoms with Gasteiger partial charge in [-0.1, -0.05) is 42.2 Å². The van der Waals surface area contributed by atoms with Crippen LogP contribution < -0.4 is 14.8 Å². The van der Waals surface area contributed by atoms with Crippen molar-refractivity contribution < 1.29 is 32.2 Å². The lowest BCUT2D eigenvalue weighted by molar-refractivity contribution is -0.137. The highest BCUT2D eigenvalue weighted by molar-refractivity contribution is 8.26. The minimum atomic E-state index is -4.63. The minimum Gasteiger partial charge on any atom is -0.493 e. The van der Waals surface area contributed by atoms with E-state index in [0.29, 0.717) is 17.1 Å². The van der Waals surface area contributed by atoms with Crippen LogP contribution in [0.25, 0.3) is 6.08 Å². The van der Waals surface area contributed by atoms with Crippen molar-refractivity contribution in [2.45, 2.75) is 6.18 Å². The van der Waals surface area contributed by atoms with E-state index in [-0.39, 0.29) is 9.23 Å². The molecular weight excluding hydrogens is 465 g/mol. The molecule has 2 amide bonds. The number of carbonyl (C=O) groups is 2. The maximum atomic E-state index is 13.1. The Balaban J connectivity index is 1.75. The molecule has 1 N–H and O–H groups in total. The second kappa shape index (κ2) is 9.61. The van der Waals surface area contributed by atoms with E-state index in [0.717, 1.165) is 28.8 Å². The summed E-state index contributed by atoms with van der Waals surface area (Å²) < 4.78 is 49.9. The number of anilines is 1. The molecule has 2 aromatic carbocycles. The van der Waals surface area contributed by atoms with Crippen LogP contribution in [0.15, 0.2) is 47.4 Å². The lowest BCUT2D eigenvalue weighted by atomic mass is 10.1. The number of thiocarbonyl (C=S) groups is 1. The Morgan fingerprint density at radius 2 is 1.84 bits per heavy atom. The Labute approximate surface area is 191 Å². The fourth-order valence-electron chi connectivity index (χ4n) is 2.90. The molecule has 0 aliphatic carbocycles. The molecule has 0 spiro atoms. The Bertz CT molecular complexity index is 1100. The van der Waals surface area contributed by atoms with Crippen LogP contribution in [0.2, 0.25) is 0 Å². The molecule has 168 valence electrons. The van der Waals surface area contributed by atoms with Gasteiger partial charge in [0.05, 0.1) is 30.4 Å². The molecule has 0 aromatic heterocycles. The number of alkyl halides is 3. The van der Waals surface area contributed by atoms with Crippen LogP contribution in [-0.2, 0) is 15.8 Å². The summed E-state index contributed by atoms with van der Waals surface area (Å²) in [5, 5.41) is 2.21. The number of thioether (sulfide) groups is 1. The summed E-state index contributed by atoms with van der Waals surface area (Å²) in [6.07, 6.45) is -3.05. The maximum Gasteiger partial charge on any atom is 0.418 e. The summed E-state index contributed by atoms with van der Waals surface area (Å²) in [6, 6.07) is 9.66. The summed E-state index contributed by atoms with van der Waals surface area (Å²) in [5.41, 5.74) is -0.727. The standard InChI is InChI=1S/C21H17F3N2O4S2/c1-29-15-8-7-12(9-16(15)30-2)10-17-19(28)26(20(31)32-17)11-18(27)25-14-6-4-3-5-13(14)21(22,23)24/h3-10H,11H2,1-2H3,(H,25,27). The quantitative estimate of drug-likeness (QED) is 0.481. The van der Waals surface area contributed by atoms with Gasteiger partial charge < -0.3 is 14.8 Å². The highest BCUT2D eigenvalue weighted by Crippen LogP contribution is 2.36. The van der Waals surface area contributed by atoms with Crippen LogP contribution in [-0.4, -0.2) is 41.8 Å². The van der Waals surface area contributed by atoms with E-state index in [1.54, 1.807) is 24.3 Å². The van der Waals surface area contributed by atoms with Crippen LogP contribution in [0, 0.1) is 0 Å². The van der Waals surface area contributed by atoms with Gasteiger partial charge in [-0.15, -0.1) is 0 Å². The van der Waals surface area contributed by atoms with Gasteiger partial charge >= 0.3 is 6.18 Å². The largest absolute Gasteiger partial charge is 0.493 e. The number of halogens is 3. The van der Waals surface area contributed by atoms with Crippen molar-refractivity contribution >= 4 is 51.9 Å². The second-order valence-corrected chi connectivity index (χ2v) is 8.15. The van der Waals surface area contributed by atoms with Crippen molar-refractivity contribution in [3.8, 4) is 11.5 Å². The second-order valence-electron chi connectivity index (χ2n) is 6.47. The van der Waals surface area contributed by atoms with Crippen molar-refractivity contribution in [3.63, 3.8) is 0 Å². The molecule has 32 heavy (non-hydrogen) atoms. The first-order valence-electron chi connectivity index (χ1n) is 9.07. The van der Waals surface area contributed by atoms with Gasteiger partial charge in [-0.05, 0) is 35.9 Å². The zero-order valence-electron chi connectivity index (χ0n) is 16.9. The molecule has 6 nitrogen and oxygen atoms in total. The molecule has 0 unspecified atom stereocenters. The van der Waals surface area contributed by atoms with Crippen molar-refractivity contribution in [2.24, 2.45) is 0 Å². The Kier molecular flexibility index (Phi) is 7.09. The molecule has 1 heterocycles. The number of methoxy groups -OCH3 is 2. The van der Waals surface area contributed by atoms with E-state index in [1.165, 1.54) is 26.4 Å². The SMILES string of the molecule is COc1ccc(C=C2SC(=S)N(CC(=O)Nc3ccccc3C(F)(F)F)C2=O)cc1OC. The van der Waals surface area contributed by atoms with E-state index in [2.05, 4.69) is 5.32 Å². The van der Waals surface area contributed by atoms with Gasteiger partial charge in [0.15, 0.2) is 11.5 Å². The van der Waals surface area contributed by atoms with Gasteiger partial charge in [-0.25, -0.2) is 0 Å². The van der Waals surface area contributed by atoms with Crippen LogP contribution >= 0.6 is 24.0 Å². The smallest absolute Gasteiger partial charge is 0.418 e. The zero-order chi connectivity index (χ0) is 23.5. The number of carbonyl (C=O) groups excluding carboxylic acids is 2.